The molecule has 0 aliphatic carbocycles. The van der Waals surface area contributed by atoms with Crippen LogP contribution in [-0.4, -0.2) is 29.9 Å². The molecule has 4 heterocycles. The molecule has 4 aromatic heterocycles. The molecule has 550 valence electrons. The van der Waals surface area contributed by atoms with Gasteiger partial charge in [-0.3, -0.25) is 0 Å². The topological polar surface area (TPSA) is 104 Å². The van der Waals surface area contributed by atoms with Crippen molar-refractivity contribution in [2.45, 2.75) is 0 Å². The number of nitrogens with zero attached hydrogens (tertiary/aromatic N) is 6. The quantitative estimate of drug-likeness (QED) is 0.1000. The summed E-state index contributed by atoms with van der Waals surface area (Å²) in [7, 11) is 0. The van der Waals surface area contributed by atoms with Gasteiger partial charge in [-0.15, -0.1) is 0 Å². The van der Waals surface area contributed by atoms with Gasteiger partial charge in [0.2, 0.25) is 0 Å². The van der Waals surface area contributed by atoms with E-state index in [1.165, 1.54) is 16.7 Å². The molecule has 0 saturated carbocycles. The molecule has 0 radical (unpaired) electrons. The van der Waals surface area contributed by atoms with Gasteiger partial charge in [0.05, 0.1) is 0 Å². The van der Waals surface area contributed by atoms with Crippen LogP contribution in [0.5, 0.6) is 0 Å². The van der Waals surface area contributed by atoms with Gasteiger partial charge in [0, 0.05) is 60.5 Å². The van der Waals surface area contributed by atoms with Crippen LogP contribution in [0.2, 0.25) is 0 Å². The van der Waals surface area contributed by atoms with E-state index in [2.05, 4.69) is 352 Å². The number of hydrogen-bond donors (Lipinski definition) is 0. The Hall–Kier alpha value is -15.9. The summed E-state index contributed by atoms with van der Waals surface area (Å²) in [6, 6.07) is 145. The summed E-state index contributed by atoms with van der Waals surface area (Å²) >= 11 is 0. The predicted molar refractivity (Wildman–Crippen MR) is 484 cm³/mol. The fourth-order valence-electron chi connectivity index (χ4n) is 16.8. The second kappa shape index (κ2) is 29.3. The van der Waals surface area contributed by atoms with Crippen LogP contribution in [-0.2, 0) is 0 Å². The highest BCUT2D eigenvalue weighted by atomic mass is 16.3. The maximum absolute atomic E-state index is 6.99. The van der Waals surface area contributed by atoms with E-state index < -0.39 is 0 Å². The summed E-state index contributed by atoms with van der Waals surface area (Å²) in [5.74, 6) is 3.59. The van der Waals surface area contributed by atoms with Gasteiger partial charge in [-0.2, -0.15) is 0 Å². The van der Waals surface area contributed by atoms with Crippen LogP contribution in [0.25, 0.3) is 234 Å². The van der Waals surface area contributed by atoms with E-state index in [9.17, 15) is 0 Å². The molecule has 118 heavy (non-hydrogen) atoms. The van der Waals surface area contributed by atoms with Crippen molar-refractivity contribution in [3.8, 4) is 168 Å². The first-order chi connectivity index (χ1) is 58.4. The molecule has 0 spiro atoms. The van der Waals surface area contributed by atoms with Gasteiger partial charge in [-0.05, 0) is 177 Å². The first kappa shape index (κ1) is 68.9. The van der Waals surface area contributed by atoms with E-state index in [1.54, 1.807) is 0 Å². The Balaban J connectivity index is 0.529. The first-order valence-electron chi connectivity index (χ1n) is 39.7. The molecule has 0 aliphatic rings. The number of aromatic nitrogens is 6. The number of hydrogen-bond acceptors (Lipinski definition) is 8. The van der Waals surface area contributed by atoms with E-state index in [0.29, 0.717) is 34.9 Å². The fourth-order valence-corrected chi connectivity index (χ4v) is 16.8. The minimum Gasteiger partial charge on any atom is -0.456 e. The third kappa shape index (κ3) is 12.9. The summed E-state index contributed by atoms with van der Waals surface area (Å²) in [5, 5.41) is 8.66. The molecule has 0 bridgehead atoms. The van der Waals surface area contributed by atoms with Crippen molar-refractivity contribution < 1.29 is 8.83 Å². The molecular formula is C110H68N6O2. The smallest absolute Gasteiger partial charge is 0.164 e. The lowest BCUT2D eigenvalue weighted by atomic mass is 9.90. The van der Waals surface area contributed by atoms with Crippen LogP contribution in [0.1, 0.15) is 0 Å². The molecule has 0 fully saturated rings. The lowest BCUT2D eigenvalue weighted by molar-refractivity contribution is 0.669. The zero-order valence-corrected chi connectivity index (χ0v) is 63.8. The maximum Gasteiger partial charge on any atom is 0.164 e. The maximum atomic E-state index is 6.99. The SMILES string of the molecule is c1ccc(-c2ccc(-c3ccc(-c4nc(-c5ccccc5)nc(-c5cc(-c6ccc(-c7ccc(-c8cccc(-c9ccc(-c%10ccc(-c%11nc(-c%12ccccc%12)nc(-c%12ccc%13cc(-c%14cccc%15oc%16ccc(-c%17ccccc%17)cc%16c%14%15)ccc%13c%12)n%11)cc%10)cc9)c8)cc7)c7oc8ccccc8c67)c6ccccc6c5)n4)cc3)cc2)cc1. The van der Waals surface area contributed by atoms with Crippen LogP contribution in [0.15, 0.2) is 421 Å². The highest BCUT2D eigenvalue weighted by Gasteiger charge is 2.23. The molecule has 22 aromatic rings. The van der Waals surface area contributed by atoms with E-state index in [4.69, 9.17) is 38.7 Å². The van der Waals surface area contributed by atoms with E-state index in [-0.39, 0.29) is 0 Å². The van der Waals surface area contributed by atoms with Gasteiger partial charge >= 0.3 is 0 Å². The summed E-state index contributed by atoms with van der Waals surface area (Å²) < 4.78 is 13.4. The van der Waals surface area contributed by atoms with Gasteiger partial charge in [-0.1, -0.05) is 352 Å². The van der Waals surface area contributed by atoms with E-state index in [0.717, 1.165) is 182 Å². The zero-order valence-electron chi connectivity index (χ0n) is 63.8. The zero-order chi connectivity index (χ0) is 78.0. The molecule has 0 saturated heterocycles. The Kier molecular flexibility index (Phi) is 17.1. The molecule has 18 aromatic carbocycles. The average molecular weight is 1510 g/mol. The lowest BCUT2D eigenvalue weighted by Gasteiger charge is -2.14. The Bertz CT molecular complexity index is 7600. The van der Waals surface area contributed by atoms with Crippen LogP contribution < -0.4 is 0 Å². The number of benzene rings is 18. The highest BCUT2D eigenvalue weighted by Crippen LogP contribution is 2.47. The second-order valence-corrected chi connectivity index (χ2v) is 30.0. The normalized spacial score (nSPS) is 11.6. The van der Waals surface area contributed by atoms with Crippen molar-refractivity contribution >= 4 is 65.4 Å². The average Bonchev–Trinajstić information content (AvgIpc) is 1.53. The Morgan fingerprint density at radius 2 is 0.492 bits per heavy atom. The highest BCUT2D eigenvalue weighted by molar-refractivity contribution is 6.19. The standard InChI is InChI=1S/C110H68N6O2/c1-5-19-69(20-6-1)71-35-37-72(38-36-71)74-47-53-82(54-48-74)108-112-106(80-25-11-4-12-26-80)115-110(116-108)91-66-88-27-13-14-30-92(88)97(68-91)95-61-60-94(104-103(95)96-31-15-16-33-99(96)118-104)78-49-43-77(44-50-78)84-29-17-28-83(63-84)76-41-39-73(40-42-76)75-45-51-81(52-46-75)107-111-105(79-23-9-3-10-24-79)113-109(114-107)90-58-56-85-64-89(57-55-86(85)65-90)93-32-18-34-101-102(93)98-67-87(59-62-100(98)117-101)70-21-7-2-8-22-70/h1-68H. The molecule has 0 unspecified atom stereocenters. The van der Waals surface area contributed by atoms with Crippen molar-refractivity contribution in [2.75, 3.05) is 0 Å². The van der Waals surface area contributed by atoms with Crippen LogP contribution in [0, 0.1) is 0 Å². The molecule has 22 rings (SSSR count). The second-order valence-electron chi connectivity index (χ2n) is 30.0. The van der Waals surface area contributed by atoms with Gasteiger partial charge in [0.15, 0.2) is 34.9 Å². The van der Waals surface area contributed by atoms with Gasteiger partial charge < -0.3 is 8.83 Å². The van der Waals surface area contributed by atoms with Crippen LogP contribution >= 0.6 is 0 Å². The summed E-state index contributed by atoms with van der Waals surface area (Å²) in [4.78, 5) is 31.1. The third-order valence-electron chi connectivity index (χ3n) is 22.8. The van der Waals surface area contributed by atoms with Crippen molar-refractivity contribution in [1.29, 1.82) is 0 Å². The largest absolute Gasteiger partial charge is 0.456 e. The van der Waals surface area contributed by atoms with E-state index >= 15 is 0 Å². The number of fused-ring (bicyclic) bond motifs is 8. The van der Waals surface area contributed by atoms with Crippen molar-refractivity contribution in [3.05, 3.63) is 413 Å². The Morgan fingerprint density at radius 1 is 0.144 bits per heavy atom. The minimum atomic E-state index is 0.582. The molecule has 0 N–H and O–H groups in total. The van der Waals surface area contributed by atoms with Crippen LogP contribution in [0.4, 0.5) is 0 Å². The summed E-state index contributed by atoms with van der Waals surface area (Å²) in [6.07, 6.45) is 0. The molecule has 0 atom stereocenters. The molecule has 8 nitrogen and oxygen atoms in total. The summed E-state index contributed by atoms with van der Waals surface area (Å²) in [5.41, 5.74) is 28.8. The monoisotopic (exact) mass is 1500 g/mol. The third-order valence-corrected chi connectivity index (χ3v) is 22.8. The van der Waals surface area contributed by atoms with Crippen molar-refractivity contribution in [1.82, 2.24) is 29.9 Å². The Morgan fingerprint density at radius 3 is 1.04 bits per heavy atom. The van der Waals surface area contributed by atoms with Crippen LogP contribution in [0.3, 0.4) is 0 Å². The lowest BCUT2D eigenvalue weighted by Crippen LogP contribution is -2.00. The number of rotatable bonds is 15. The molecular weight excluding hydrogens is 1440 g/mol. The molecule has 8 heteroatoms. The van der Waals surface area contributed by atoms with Gasteiger partial charge in [0.1, 0.15) is 22.3 Å². The van der Waals surface area contributed by atoms with Gasteiger partial charge in [0.25, 0.3) is 0 Å². The van der Waals surface area contributed by atoms with E-state index in [1.807, 2.05) is 60.7 Å². The van der Waals surface area contributed by atoms with Crippen molar-refractivity contribution in [3.63, 3.8) is 0 Å². The summed E-state index contributed by atoms with van der Waals surface area (Å²) in [6.45, 7) is 0. The number of para-hydroxylation sites is 1. The fraction of sp³-hybridized carbons (Fsp3) is 0. The first-order valence-corrected chi connectivity index (χ1v) is 39.7. The number of furan rings is 2. The predicted octanol–water partition coefficient (Wildman–Crippen LogP) is 29.2. The Labute approximate surface area is 680 Å². The minimum absolute atomic E-state index is 0.582. The molecule has 0 aliphatic heterocycles. The molecule has 0 amide bonds. The van der Waals surface area contributed by atoms with Crippen molar-refractivity contribution in [2.24, 2.45) is 0 Å². The van der Waals surface area contributed by atoms with Gasteiger partial charge in [-0.25, -0.2) is 29.9 Å².